The van der Waals surface area contributed by atoms with Gasteiger partial charge in [0.05, 0.1) is 39.6 Å². The Kier molecular flexibility index (Phi) is 9.77. The maximum Gasteiger partial charge on any atom is 0.528 e. The Labute approximate surface area is 207 Å². The molecule has 192 valence electrons. The lowest BCUT2D eigenvalue weighted by molar-refractivity contribution is -0.170. The molecule has 1 N–H and O–H groups in total. The number of β-amino-alcohol motifs (C(OH)–C–C–N with tert-alkyl or cyclic N) is 1. The van der Waals surface area contributed by atoms with Crippen molar-refractivity contribution in [1.82, 2.24) is 5.06 Å². The van der Waals surface area contributed by atoms with Crippen LogP contribution in [0, 0.1) is 0 Å². The molecule has 0 radical (unpaired) electrons. The molecule has 35 heavy (non-hydrogen) atoms. The van der Waals surface area contributed by atoms with Gasteiger partial charge in [-0.3, -0.25) is 0 Å². The average molecular weight is 488 g/mol. The highest BCUT2D eigenvalue weighted by Gasteiger charge is 2.32. The average Bonchev–Trinajstić information content (AvgIpc) is 2.81. The lowest BCUT2D eigenvalue weighted by atomic mass is 9.88. The zero-order valence-electron chi connectivity index (χ0n) is 21.1. The zero-order valence-corrected chi connectivity index (χ0v) is 21.1. The first-order valence-corrected chi connectivity index (χ1v) is 12.0. The van der Waals surface area contributed by atoms with Crippen LogP contribution in [0.1, 0.15) is 50.7 Å². The molecule has 1 heterocycles. The zero-order chi connectivity index (χ0) is 25.3. The summed E-state index contributed by atoms with van der Waals surface area (Å²) in [6.45, 7) is 7.73. The molecule has 1 fully saturated rings. The van der Waals surface area contributed by atoms with E-state index < -0.39 is 17.9 Å². The third-order valence-electron chi connectivity index (χ3n) is 5.60. The fourth-order valence-electron chi connectivity index (χ4n) is 3.91. The number of piperidine rings is 1. The Bertz CT molecular complexity index is 926. The fraction of sp³-hybridized carbons (Fsp3) is 0.519. The third-order valence-corrected chi connectivity index (χ3v) is 5.60. The molecule has 1 saturated heterocycles. The number of carbonyl (C=O) groups is 1. The number of carbonyl (C=O) groups excluding carboxylic acids is 1. The van der Waals surface area contributed by atoms with Crippen molar-refractivity contribution in [1.29, 1.82) is 0 Å². The second-order valence-corrected chi connectivity index (χ2v) is 9.54. The van der Waals surface area contributed by atoms with Gasteiger partial charge in [-0.05, 0) is 51.0 Å². The summed E-state index contributed by atoms with van der Waals surface area (Å²) < 4.78 is 22.1. The van der Waals surface area contributed by atoms with Gasteiger partial charge in [-0.2, -0.15) is 0 Å². The van der Waals surface area contributed by atoms with Crippen LogP contribution in [0.15, 0.2) is 48.5 Å². The van der Waals surface area contributed by atoms with Gasteiger partial charge in [-0.15, -0.1) is 5.06 Å². The first-order chi connectivity index (χ1) is 16.7. The van der Waals surface area contributed by atoms with Crippen LogP contribution in [-0.4, -0.2) is 61.4 Å². The molecule has 1 aliphatic heterocycles. The van der Waals surface area contributed by atoms with Crippen molar-refractivity contribution in [3.05, 3.63) is 59.7 Å². The topological polar surface area (TPSA) is 86.7 Å². The highest BCUT2D eigenvalue weighted by Crippen LogP contribution is 2.30. The summed E-state index contributed by atoms with van der Waals surface area (Å²) >= 11 is 0. The van der Waals surface area contributed by atoms with Crippen molar-refractivity contribution in [2.45, 2.75) is 57.8 Å². The minimum Gasteiger partial charge on any atom is -0.496 e. The summed E-state index contributed by atoms with van der Waals surface area (Å²) in [7, 11) is 1.66. The number of rotatable bonds is 10. The highest BCUT2D eigenvalue weighted by atomic mass is 16.8. The molecule has 8 nitrogen and oxygen atoms in total. The quantitative estimate of drug-likeness (QED) is 0.381. The van der Waals surface area contributed by atoms with Crippen LogP contribution < -0.4 is 9.47 Å². The van der Waals surface area contributed by atoms with Gasteiger partial charge in [0.1, 0.15) is 17.1 Å². The van der Waals surface area contributed by atoms with Crippen molar-refractivity contribution >= 4 is 6.16 Å². The Morgan fingerprint density at radius 1 is 1.09 bits per heavy atom. The Morgan fingerprint density at radius 3 is 2.51 bits per heavy atom. The Morgan fingerprint density at radius 2 is 1.83 bits per heavy atom. The van der Waals surface area contributed by atoms with Gasteiger partial charge in [0.15, 0.2) is 0 Å². The van der Waals surface area contributed by atoms with Crippen molar-refractivity contribution in [2.75, 3.05) is 33.4 Å². The van der Waals surface area contributed by atoms with Gasteiger partial charge in [-0.1, -0.05) is 30.3 Å². The van der Waals surface area contributed by atoms with E-state index in [4.69, 9.17) is 23.8 Å². The van der Waals surface area contributed by atoms with E-state index in [2.05, 4.69) is 0 Å². The van der Waals surface area contributed by atoms with Crippen LogP contribution in [0.2, 0.25) is 0 Å². The molecule has 0 amide bonds. The molecule has 0 bridgehead atoms. The summed E-state index contributed by atoms with van der Waals surface area (Å²) in [5.74, 6) is 1.57. The molecule has 0 aromatic heterocycles. The summed E-state index contributed by atoms with van der Waals surface area (Å²) in [6.07, 6.45) is 0.0209. The van der Waals surface area contributed by atoms with Gasteiger partial charge in [0.25, 0.3) is 0 Å². The molecule has 2 atom stereocenters. The van der Waals surface area contributed by atoms with Crippen molar-refractivity contribution in [2.24, 2.45) is 0 Å². The van der Waals surface area contributed by atoms with Crippen LogP contribution in [0.5, 0.6) is 11.5 Å². The molecule has 0 aliphatic carbocycles. The standard InChI is InChI=1S/C27H37NO7/c1-27(2,3)34-26(30)35-28-15-14-23(24(29)18-28)20-10-12-22(13-11-20)33-17-7-16-32-19-21-8-5-6-9-25(21)31-4/h5-6,8-13,23-24,29H,7,14-19H2,1-4H3. The predicted molar refractivity (Wildman–Crippen MR) is 131 cm³/mol. The lowest BCUT2D eigenvalue weighted by Crippen LogP contribution is -2.44. The second kappa shape index (κ2) is 12.8. The first kappa shape index (κ1) is 26.8. The molecule has 2 aromatic carbocycles. The SMILES string of the molecule is COc1ccccc1COCCCOc1ccc(C2CCN(OC(=O)OC(C)(C)C)CC2O)cc1. The monoisotopic (exact) mass is 487 g/mol. The van der Waals surface area contributed by atoms with Crippen LogP contribution in [0.4, 0.5) is 4.79 Å². The van der Waals surface area contributed by atoms with Crippen LogP contribution in [0.25, 0.3) is 0 Å². The number of ether oxygens (including phenoxy) is 4. The maximum atomic E-state index is 11.9. The Hall–Kier alpha value is -2.81. The fourth-order valence-corrected chi connectivity index (χ4v) is 3.91. The van der Waals surface area contributed by atoms with E-state index in [9.17, 15) is 9.90 Å². The van der Waals surface area contributed by atoms with Gasteiger partial charge >= 0.3 is 6.16 Å². The molecular weight excluding hydrogens is 450 g/mol. The molecule has 2 unspecified atom stereocenters. The van der Waals surface area contributed by atoms with E-state index in [1.807, 2.05) is 48.5 Å². The molecule has 0 spiro atoms. The summed E-state index contributed by atoms with van der Waals surface area (Å²) in [5, 5.41) is 12.1. The van der Waals surface area contributed by atoms with Gasteiger partial charge < -0.3 is 28.9 Å². The Balaban J connectivity index is 1.36. The van der Waals surface area contributed by atoms with E-state index >= 15 is 0 Å². The van der Waals surface area contributed by atoms with Crippen molar-refractivity contribution in [3.63, 3.8) is 0 Å². The van der Waals surface area contributed by atoms with Crippen LogP contribution in [-0.2, 0) is 20.9 Å². The minimum absolute atomic E-state index is 0.0362. The molecule has 0 saturated carbocycles. The van der Waals surface area contributed by atoms with Crippen LogP contribution in [0.3, 0.4) is 0 Å². The molecule has 2 aromatic rings. The number of hydrogen-bond donors (Lipinski definition) is 1. The molecular formula is C27H37NO7. The van der Waals surface area contributed by atoms with E-state index in [0.29, 0.717) is 32.8 Å². The summed E-state index contributed by atoms with van der Waals surface area (Å²) in [4.78, 5) is 17.1. The number of methoxy groups -OCH3 is 1. The van der Waals surface area contributed by atoms with E-state index in [1.54, 1.807) is 27.9 Å². The van der Waals surface area contributed by atoms with Gasteiger partial charge in [0, 0.05) is 24.4 Å². The van der Waals surface area contributed by atoms with Crippen molar-refractivity contribution < 1.29 is 33.7 Å². The van der Waals surface area contributed by atoms with E-state index in [1.165, 1.54) is 5.06 Å². The smallest absolute Gasteiger partial charge is 0.496 e. The minimum atomic E-state index is -0.755. The maximum absolute atomic E-state index is 11.9. The van der Waals surface area contributed by atoms with Crippen molar-refractivity contribution in [3.8, 4) is 11.5 Å². The van der Waals surface area contributed by atoms with Gasteiger partial charge in [-0.25, -0.2) is 4.79 Å². The third kappa shape index (κ3) is 8.72. The molecule has 1 aliphatic rings. The van der Waals surface area contributed by atoms with E-state index in [-0.39, 0.29) is 12.5 Å². The number of hydrogen-bond acceptors (Lipinski definition) is 8. The second-order valence-electron chi connectivity index (χ2n) is 9.54. The number of benzene rings is 2. The van der Waals surface area contributed by atoms with Crippen LogP contribution >= 0.6 is 0 Å². The lowest BCUT2D eigenvalue weighted by Gasteiger charge is -2.34. The predicted octanol–water partition coefficient (Wildman–Crippen LogP) is 4.70. The largest absolute Gasteiger partial charge is 0.528 e. The summed E-state index contributed by atoms with van der Waals surface area (Å²) in [5.41, 5.74) is 1.43. The number of aliphatic hydroxyl groups excluding tert-OH is 1. The molecule has 8 heteroatoms. The highest BCUT2D eigenvalue weighted by molar-refractivity contribution is 5.60. The van der Waals surface area contributed by atoms with Gasteiger partial charge in [0.2, 0.25) is 0 Å². The number of hydroxylamine groups is 2. The normalized spacial score (nSPS) is 18.7. The number of aliphatic hydroxyl groups is 1. The first-order valence-electron chi connectivity index (χ1n) is 12.0. The molecule has 3 rings (SSSR count). The number of para-hydroxylation sites is 1. The summed E-state index contributed by atoms with van der Waals surface area (Å²) in [6, 6.07) is 15.6. The van der Waals surface area contributed by atoms with E-state index in [0.717, 1.165) is 29.0 Å². The number of nitrogens with zero attached hydrogens (tertiary/aromatic N) is 1.